The van der Waals surface area contributed by atoms with Gasteiger partial charge >= 0.3 is 11.9 Å². The fourth-order valence-corrected chi connectivity index (χ4v) is 2.75. The standard InChI is InChI=1S/C17H13ClO7/c1-7-4-11-8(5-10(7)18)13(19)9-6-24-15(17(21)23-3)12(14(9)25-11)16(20)22-2/h4-6,14H,1-3H3. The molecule has 0 radical (unpaired) electrons. The summed E-state index contributed by atoms with van der Waals surface area (Å²) in [5.41, 5.74) is 0.760. The number of rotatable bonds is 2. The van der Waals surface area contributed by atoms with Gasteiger partial charge in [-0.1, -0.05) is 11.6 Å². The lowest BCUT2D eigenvalue weighted by molar-refractivity contribution is -0.142. The van der Waals surface area contributed by atoms with Crippen LogP contribution in [0.4, 0.5) is 0 Å². The third-order valence-electron chi connectivity index (χ3n) is 3.88. The van der Waals surface area contributed by atoms with E-state index in [0.29, 0.717) is 10.6 Å². The van der Waals surface area contributed by atoms with Crippen molar-refractivity contribution in [2.45, 2.75) is 13.0 Å². The molecule has 130 valence electrons. The molecule has 0 spiro atoms. The Morgan fingerprint density at radius 1 is 1.16 bits per heavy atom. The molecule has 1 aromatic rings. The van der Waals surface area contributed by atoms with Crippen LogP contribution in [-0.4, -0.2) is 38.0 Å². The van der Waals surface area contributed by atoms with Crippen LogP contribution in [0.1, 0.15) is 15.9 Å². The molecule has 2 aliphatic heterocycles. The van der Waals surface area contributed by atoms with Gasteiger partial charge in [0.05, 0.1) is 25.4 Å². The summed E-state index contributed by atoms with van der Waals surface area (Å²) >= 11 is 6.07. The first-order valence-electron chi connectivity index (χ1n) is 7.18. The Balaban J connectivity index is 2.16. The van der Waals surface area contributed by atoms with Gasteiger partial charge in [-0.2, -0.15) is 0 Å². The van der Waals surface area contributed by atoms with E-state index in [9.17, 15) is 14.4 Å². The highest BCUT2D eigenvalue weighted by atomic mass is 35.5. The van der Waals surface area contributed by atoms with Crippen molar-refractivity contribution >= 4 is 29.3 Å². The van der Waals surface area contributed by atoms with Crippen LogP contribution in [0.15, 0.2) is 35.3 Å². The smallest absolute Gasteiger partial charge is 0.374 e. The number of benzene rings is 1. The van der Waals surface area contributed by atoms with Crippen molar-refractivity contribution in [3.63, 3.8) is 0 Å². The van der Waals surface area contributed by atoms with E-state index in [-0.39, 0.29) is 28.2 Å². The van der Waals surface area contributed by atoms with Gasteiger partial charge < -0.3 is 18.9 Å². The highest BCUT2D eigenvalue weighted by Gasteiger charge is 2.44. The molecule has 0 bridgehead atoms. The number of hydrogen-bond donors (Lipinski definition) is 0. The molecule has 1 aromatic carbocycles. The summed E-state index contributed by atoms with van der Waals surface area (Å²) in [7, 11) is 2.28. The zero-order valence-electron chi connectivity index (χ0n) is 13.5. The molecule has 7 nitrogen and oxygen atoms in total. The Kier molecular flexibility index (Phi) is 4.26. The number of carbonyl (C=O) groups excluding carboxylic acids is 3. The number of hydrogen-bond acceptors (Lipinski definition) is 7. The minimum atomic E-state index is -1.14. The molecule has 3 rings (SSSR count). The van der Waals surface area contributed by atoms with Gasteiger partial charge in [-0.05, 0) is 24.6 Å². The summed E-state index contributed by atoms with van der Waals surface area (Å²) in [4.78, 5) is 36.8. The van der Waals surface area contributed by atoms with Gasteiger partial charge in [-0.25, -0.2) is 9.59 Å². The number of fused-ring (bicyclic) bond motifs is 2. The molecule has 0 N–H and O–H groups in total. The van der Waals surface area contributed by atoms with Gasteiger partial charge in [0.25, 0.3) is 0 Å². The van der Waals surface area contributed by atoms with Gasteiger partial charge in [0.1, 0.15) is 17.6 Å². The van der Waals surface area contributed by atoms with Gasteiger partial charge in [-0.15, -0.1) is 0 Å². The van der Waals surface area contributed by atoms with Crippen molar-refractivity contribution in [2.75, 3.05) is 14.2 Å². The second-order valence-corrected chi connectivity index (χ2v) is 5.75. The lowest BCUT2D eigenvalue weighted by Crippen LogP contribution is -2.39. The molecule has 2 aliphatic rings. The van der Waals surface area contributed by atoms with E-state index >= 15 is 0 Å². The fourth-order valence-electron chi connectivity index (χ4n) is 2.59. The quantitative estimate of drug-likeness (QED) is 0.742. The van der Waals surface area contributed by atoms with E-state index in [1.165, 1.54) is 6.07 Å². The molecule has 25 heavy (non-hydrogen) atoms. The number of ether oxygens (including phenoxy) is 4. The Morgan fingerprint density at radius 2 is 1.84 bits per heavy atom. The zero-order chi connectivity index (χ0) is 18.3. The zero-order valence-corrected chi connectivity index (χ0v) is 14.3. The molecule has 0 aromatic heterocycles. The van der Waals surface area contributed by atoms with Crippen LogP contribution < -0.4 is 4.74 Å². The van der Waals surface area contributed by atoms with Crippen molar-refractivity contribution in [2.24, 2.45) is 0 Å². The van der Waals surface area contributed by atoms with E-state index in [1.807, 2.05) is 0 Å². The molecule has 0 saturated heterocycles. The average molecular weight is 365 g/mol. The predicted molar refractivity (Wildman–Crippen MR) is 85.2 cm³/mol. The largest absolute Gasteiger partial charge is 0.479 e. The number of ketones is 1. The third kappa shape index (κ3) is 2.66. The molecule has 1 atom stereocenters. The lowest BCUT2D eigenvalue weighted by atomic mass is 9.89. The molecule has 8 heteroatoms. The van der Waals surface area contributed by atoms with Gasteiger partial charge in [-0.3, -0.25) is 4.79 Å². The summed E-state index contributed by atoms with van der Waals surface area (Å²) in [6.45, 7) is 1.75. The minimum absolute atomic E-state index is 0.0560. The van der Waals surface area contributed by atoms with Crippen molar-refractivity contribution in [3.8, 4) is 5.75 Å². The van der Waals surface area contributed by atoms with Crippen molar-refractivity contribution in [3.05, 3.63) is 51.4 Å². The highest BCUT2D eigenvalue weighted by Crippen LogP contribution is 2.39. The van der Waals surface area contributed by atoms with Crippen molar-refractivity contribution in [1.82, 2.24) is 0 Å². The van der Waals surface area contributed by atoms with Crippen LogP contribution in [0, 0.1) is 6.92 Å². The number of carbonyl (C=O) groups is 3. The van der Waals surface area contributed by atoms with Gasteiger partial charge in [0.15, 0.2) is 11.9 Å². The molecule has 2 heterocycles. The summed E-state index contributed by atoms with van der Waals surface area (Å²) in [5.74, 6) is -2.30. The van der Waals surface area contributed by atoms with E-state index in [4.69, 9.17) is 25.8 Å². The van der Waals surface area contributed by atoms with Gasteiger partial charge in [0.2, 0.25) is 5.76 Å². The highest BCUT2D eigenvalue weighted by molar-refractivity contribution is 6.32. The summed E-state index contributed by atoms with van der Waals surface area (Å²) in [5, 5.41) is 0.408. The van der Waals surface area contributed by atoms with E-state index in [2.05, 4.69) is 4.74 Å². The molecular formula is C17H13ClO7. The molecule has 0 saturated carbocycles. The summed E-state index contributed by atoms with van der Waals surface area (Å²) in [6.07, 6.45) is -0.0709. The van der Waals surface area contributed by atoms with Crippen LogP contribution in [0.3, 0.4) is 0 Å². The first kappa shape index (κ1) is 17.0. The monoisotopic (exact) mass is 364 g/mol. The maximum Gasteiger partial charge on any atom is 0.374 e. The van der Waals surface area contributed by atoms with Crippen molar-refractivity contribution in [1.29, 1.82) is 0 Å². The molecule has 1 unspecified atom stereocenters. The third-order valence-corrected chi connectivity index (χ3v) is 4.29. The minimum Gasteiger partial charge on any atom is -0.479 e. The lowest BCUT2D eigenvalue weighted by Gasteiger charge is -2.31. The second-order valence-electron chi connectivity index (χ2n) is 5.34. The maximum atomic E-state index is 12.7. The second kappa shape index (κ2) is 6.25. The Bertz CT molecular complexity index is 866. The number of Topliss-reactive ketones (excluding diaryl/α,β-unsaturated/α-hetero) is 1. The molecule has 0 aliphatic carbocycles. The Hall–Kier alpha value is -2.80. The first-order chi connectivity index (χ1) is 11.9. The SMILES string of the molecule is COC(=O)C1=C(C(=O)OC)C2Oc3cc(C)c(Cl)cc3C(=O)C2=CO1. The van der Waals surface area contributed by atoms with E-state index < -0.39 is 23.8 Å². The number of methoxy groups -OCH3 is 2. The summed E-state index contributed by atoms with van der Waals surface area (Å²) in [6, 6.07) is 3.08. The Labute approximate surface area is 147 Å². The fraction of sp³-hybridized carbons (Fsp3) is 0.235. The van der Waals surface area contributed by atoms with Crippen LogP contribution in [0.5, 0.6) is 5.75 Å². The van der Waals surface area contributed by atoms with Gasteiger partial charge in [0, 0.05) is 5.02 Å². The predicted octanol–water partition coefficient (Wildman–Crippen LogP) is 2.11. The normalized spacial score (nSPS) is 18.3. The molecular weight excluding hydrogens is 352 g/mol. The first-order valence-corrected chi connectivity index (χ1v) is 7.55. The van der Waals surface area contributed by atoms with E-state index in [1.54, 1.807) is 13.0 Å². The maximum absolute atomic E-state index is 12.7. The molecule has 0 fully saturated rings. The van der Waals surface area contributed by atoms with E-state index in [0.717, 1.165) is 20.5 Å². The Morgan fingerprint density at radius 3 is 2.48 bits per heavy atom. The van der Waals surface area contributed by atoms with Crippen LogP contribution in [-0.2, 0) is 23.8 Å². The number of esters is 2. The van der Waals surface area contributed by atoms with Crippen LogP contribution in [0.2, 0.25) is 5.02 Å². The summed E-state index contributed by atoms with van der Waals surface area (Å²) < 4.78 is 20.3. The molecule has 0 amide bonds. The topological polar surface area (TPSA) is 88.1 Å². The van der Waals surface area contributed by atoms with Crippen molar-refractivity contribution < 1.29 is 33.3 Å². The van der Waals surface area contributed by atoms with Crippen LogP contribution >= 0.6 is 11.6 Å². The van der Waals surface area contributed by atoms with Crippen LogP contribution in [0.25, 0.3) is 0 Å². The average Bonchev–Trinajstić information content (AvgIpc) is 2.61. The number of aryl methyl sites for hydroxylation is 1. The number of halogens is 1.